The molecular formula is C11H16O7. The third-order valence-corrected chi connectivity index (χ3v) is 1.92. The molecule has 0 aromatic heterocycles. The van der Waals surface area contributed by atoms with Gasteiger partial charge in [0.15, 0.2) is 18.5 Å². The average Bonchev–Trinajstić information content (AvgIpc) is 2.31. The Morgan fingerprint density at radius 3 is 2.22 bits per heavy atom. The van der Waals surface area contributed by atoms with Gasteiger partial charge >= 0.3 is 11.9 Å². The van der Waals surface area contributed by atoms with Crippen molar-refractivity contribution in [1.29, 1.82) is 0 Å². The third-order valence-electron chi connectivity index (χ3n) is 1.92. The van der Waals surface area contributed by atoms with Gasteiger partial charge in [-0.3, -0.25) is 9.59 Å². The summed E-state index contributed by atoms with van der Waals surface area (Å²) in [4.78, 5) is 32.8. The second-order valence-electron chi connectivity index (χ2n) is 3.61. The van der Waals surface area contributed by atoms with Gasteiger partial charge in [0.1, 0.15) is 6.10 Å². The first kappa shape index (κ1) is 16.3. The Hall–Kier alpha value is -1.73. The molecule has 0 spiro atoms. The molecule has 7 nitrogen and oxygen atoms in total. The van der Waals surface area contributed by atoms with Crippen molar-refractivity contribution < 1.29 is 34.1 Å². The van der Waals surface area contributed by atoms with E-state index in [4.69, 9.17) is 9.84 Å². The Kier molecular flexibility index (Phi) is 6.84. The van der Waals surface area contributed by atoms with Crippen molar-refractivity contribution in [2.75, 3.05) is 6.61 Å². The second kappa shape index (κ2) is 7.57. The maximum absolute atomic E-state index is 11.3. The van der Waals surface area contributed by atoms with E-state index in [1.54, 1.807) is 0 Å². The molecule has 0 heterocycles. The van der Waals surface area contributed by atoms with Gasteiger partial charge in [-0.25, -0.2) is 4.79 Å². The third kappa shape index (κ3) is 5.07. The van der Waals surface area contributed by atoms with Crippen molar-refractivity contribution in [1.82, 2.24) is 0 Å². The lowest BCUT2D eigenvalue weighted by Crippen LogP contribution is -2.46. The Bertz CT molecular complexity index is 336. The largest absolute Gasteiger partial charge is 0.452 e. The average molecular weight is 260 g/mol. The van der Waals surface area contributed by atoms with E-state index in [1.807, 2.05) is 0 Å². The molecule has 102 valence electrons. The number of esters is 2. The van der Waals surface area contributed by atoms with E-state index in [-0.39, 0.29) is 11.9 Å². The molecule has 2 N–H and O–H groups in total. The van der Waals surface area contributed by atoms with Crippen molar-refractivity contribution in [2.24, 2.45) is 0 Å². The van der Waals surface area contributed by atoms with Crippen molar-refractivity contribution in [2.45, 2.75) is 32.2 Å². The Morgan fingerprint density at radius 2 is 1.89 bits per heavy atom. The zero-order valence-corrected chi connectivity index (χ0v) is 10.2. The lowest BCUT2D eigenvalue weighted by Gasteiger charge is -2.25. The molecule has 0 unspecified atom stereocenters. The number of carbonyl (C=O) groups excluding carboxylic acids is 3. The summed E-state index contributed by atoms with van der Waals surface area (Å²) in [6.07, 6.45) is -4.33. The molecule has 0 aliphatic heterocycles. The fourth-order valence-electron chi connectivity index (χ4n) is 1.06. The molecule has 0 rings (SSSR count). The van der Waals surface area contributed by atoms with Gasteiger partial charge < -0.3 is 19.7 Å². The zero-order chi connectivity index (χ0) is 14.3. The molecule has 3 atom stereocenters. The minimum Gasteiger partial charge on any atom is -0.452 e. The van der Waals surface area contributed by atoms with Crippen LogP contribution in [0.4, 0.5) is 0 Å². The minimum absolute atomic E-state index is 0.0395. The van der Waals surface area contributed by atoms with Crippen LogP contribution in [0.25, 0.3) is 0 Å². The van der Waals surface area contributed by atoms with Crippen LogP contribution >= 0.6 is 0 Å². The minimum atomic E-state index is -1.55. The Morgan fingerprint density at radius 1 is 1.33 bits per heavy atom. The summed E-state index contributed by atoms with van der Waals surface area (Å²) in [7, 11) is 0. The lowest BCUT2D eigenvalue weighted by atomic mass is 10.1. The highest BCUT2D eigenvalue weighted by Gasteiger charge is 2.34. The summed E-state index contributed by atoms with van der Waals surface area (Å²) in [5, 5.41) is 18.3. The molecule has 0 fully saturated rings. The first-order valence-electron chi connectivity index (χ1n) is 5.11. The lowest BCUT2D eigenvalue weighted by molar-refractivity contribution is -0.175. The molecule has 0 amide bonds. The molecule has 0 saturated carbocycles. The molecule has 0 saturated heterocycles. The maximum Gasteiger partial charge on any atom is 0.333 e. The highest BCUT2D eigenvalue weighted by atomic mass is 16.6. The van der Waals surface area contributed by atoms with Crippen LogP contribution in [-0.2, 0) is 23.9 Å². The highest BCUT2D eigenvalue weighted by molar-refractivity contribution is 5.87. The fourth-order valence-corrected chi connectivity index (χ4v) is 1.06. The molecule has 0 aliphatic rings. The highest BCUT2D eigenvalue weighted by Crippen LogP contribution is 2.10. The smallest absolute Gasteiger partial charge is 0.333 e. The van der Waals surface area contributed by atoms with Crippen molar-refractivity contribution >= 4 is 18.2 Å². The number of aliphatic hydroxyl groups excluding tert-OH is 2. The van der Waals surface area contributed by atoms with Gasteiger partial charge in [0, 0.05) is 12.5 Å². The van der Waals surface area contributed by atoms with Crippen LogP contribution in [0.15, 0.2) is 12.2 Å². The molecule has 7 heteroatoms. The van der Waals surface area contributed by atoms with E-state index < -0.39 is 36.9 Å². The van der Waals surface area contributed by atoms with Crippen LogP contribution < -0.4 is 0 Å². The number of rotatable bonds is 7. The van der Waals surface area contributed by atoms with Gasteiger partial charge in [-0.1, -0.05) is 6.58 Å². The Balaban J connectivity index is 4.95. The van der Waals surface area contributed by atoms with E-state index in [1.165, 1.54) is 6.92 Å². The van der Waals surface area contributed by atoms with E-state index in [0.29, 0.717) is 0 Å². The summed E-state index contributed by atoms with van der Waals surface area (Å²) in [5.41, 5.74) is 0.0395. The van der Waals surface area contributed by atoms with Gasteiger partial charge in [-0.15, -0.1) is 0 Å². The summed E-state index contributed by atoms with van der Waals surface area (Å²) in [6.45, 7) is 4.98. The number of ether oxygens (including phenoxy) is 2. The van der Waals surface area contributed by atoms with Gasteiger partial charge in [0.05, 0.1) is 6.61 Å². The summed E-state index contributed by atoms with van der Waals surface area (Å²) in [5.74, 6) is -1.65. The van der Waals surface area contributed by atoms with Gasteiger partial charge in [-0.05, 0) is 6.92 Å². The maximum atomic E-state index is 11.3. The van der Waals surface area contributed by atoms with Crippen LogP contribution in [0.5, 0.6) is 0 Å². The number of carbonyl (C=O) groups is 3. The summed E-state index contributed by atoms with van der Waals surface area (Å²) >= 11 is 0. The molecular weight excluding hydrogens is 244 g/mol. The predicted octanol–water partition coefficient (Wildman–Crippen LogP) is -1.04. The predicted molar refractivity (Wildman–Crippen MR) is 59.4 cm³/mol. The van der Waals surface area contributed by atoms with E-state index in [9.17, 15) is 19.5 Å². The molecule has 0 aromatic carbocycles. The van der Waals surface area contributed by atoms with Crippen molar-refractivity contribution in [3.05, 3.63) is 12.2 Å². The van der Waals surface area contributed by atoms with Gasteiger partial charge in [0.2, 0.25) is 0 Å². The molecule has 0 bridgehead atoms. The first-order chi connectivity index (χ1) is 8.33. The zero-order valence-electron chi connectivity index (χ0n) is 10.2. The van der Waals surface area contributed by atoms with Crippen LogP contribution in [0.3, 0.4) is 0 Å². The van der Waals surface area contributed by atoms with E-state index >= 15 is 0 Å². The quantitative estimate of drug-likeness (QED) is 0.341. The first-order valence-corrected chi connectivity index (χ1v) is 5.11. The van der Waals surface area contributed by atoms with Gasteiger partial charge in [0.25, 0.3) is 0 Å². The SMILES string of the molecule is C=C(C)C(=O)O[C@@H]([C@H](O)CO)[C@H](C=O)OC(C)=O. The van der Waals surface area contributed by atoms with E-state index in [0.717, 1.165) is 6.92 Å². The normalized spacial score (nSPS) is 15.1. The van der Waals surface area contributed by atoms with Crippen LogP contribution in [0.2, 0.25) is 0 Å². The standard InChI is InChI=1S/C11H16O7/c1-6(2)11(16)18-10(8(15)4-12)9(5-13)17-7(3)14/h5,8-10,12,15H,1,4H2,2-3H3/t8-,9+,10+/m1/s1. The topological polar surface area (TPSA) is 110 Å². The number of aldehydes is 1. The number of hydrogen-bond donors (Lipinski definition) is 2. The molecule has 18 heavy (non-hydrogen) atoms. The monoisotopic (exact) mass is 260 g/mol. The van der Waals surface area contributed by atoms with Crippen LogP contribution in [0.1, 0.15) is 13.8 Å². The molecule has 0 radical (unpaired) electrons. The second-order valence-corrected chi connectivity index (χ2v) is 3.61. The van der Waals surface area contributed by atoms with Crippen molar-refractivity contribution in [3.63, 3.8) is 0 Å². The summed E-state index contributed by atoms with van der Waals surface area (Å²) in [6, 6.07) is 0. The van der Waals surface area contributed by atoms with Gasteiger partial charge in [-0.2, -0.15) is 0 Å². The van der Waals surface area contributed by atoms with Crippen LogP contribution in [-0.4, -0.2) is 53.4 Å². The fraction of sp³-hybridized carbons (Fsp3) is 0.545. The molecule has 0 aliphatic carbocycles. The van der Waals surface area contributed by atoms with E-state index in [2.05, 4.69) is 11.3 Å². The molecule has 0 aromatic rings. The Labute approximate surface area is 104 Å². The van der Waals surface area contributed by atoms with Crippen LogP contribution in [0, 0.1) is 0 Å². The van der Waals surface area contributed by atoms with Crippen molar-refractivity contribution in [3.8, 4) is 0 Å². The summed E-state index contributed by atoms with van der Waals surface area (Å²) < 4.78 is 9.34. The number of hydrogen-bond acceptors (Lipinski definition) is 7. The number of aliphatic hydroxyl groups is 2.